The van der Waals surface area contributed by atoms with Crippen LogP contribution in [0.2, 0.25) is 0 Å². The molecule has 5 nitrogen and oxygen atoms in total. The Labute approximate surface area is 155 Å². The van der Waals surface area contributed by atoms with Crippen molar-refractivity contribution in [1.29, 1.82) is 0 Å². The van der Waals surface area contributed by atoms with Gasteiger partial charge in [0.05, 0.1) is 17.2 Å². The molecule has 1 aromatic carbocycles. The number of ether oxygens (including phenoxy) is 1. The lowest BCUT2D eigenvalue weighted by atomic mass is 9.87. The zero-order valence-electron chi connectivity index (χ0n) is 15.3. The van der Waals surface area contributed by atoms with Crippen molar-refractivity contribution in [3.8, 4) is 0 Å². The maximum Gasteiger partial charge on any atom is 0.416 e. The van der Waals surface area contributed by atoms with Gasteiger partial charge in [-0.05, 0) is 44.9 Å². The average molecular weight is 385 g/mol. The van der Waals surface area contributed by atoms with Gasteiger partial charge in [0.25, 0.3) is 0 Å². The number of alkyl halides is 3. The van der Waals surface area contributed by atoms with Crippen LogP contribution >= 0.6 is 0 Å². The highest BCUT2D eigenvalue weighted by Crippen LogP contribution is 2.34. The first-order valence-electron chi connectivity index (χ1n) is 8.50. The van der Waals surface area contributed by atoms with E-state index >= 15 is 0 Å². The fraction of sp³-hybridized carbons (Fsp3) is 0.474. The summed E-state index contributed by atoms with van der Waals surface area (Å²) >= 11 is 0. The van der Waals surface area contributed by atoms with Crippen LogP contribution in [0.15, 0.2) is 35.6 Å². The third-order valence-electron chi connectivity index (χ3n) is 3.95. The van der Waals surface area contributed by atoms with Gasteiger partial charge >= 0.3 is 12.3 Å². The monoisotopic (exact) mass is 385 g/mol. The van der Waals surface area contributed by atoms with E-state index in [0.29, 0.717) is 6.42 Å². The van der Waals surface area contributed by atoms with Crippen LogP contribution in [0.3, 0.4) is 0 Å². The number of hydrogen-bond donors (Lipinski definition) is 2. The van der Waals surface area contributed by atoms with Crippen LogP contribution in [0.5, 0.6) is 0 Å². The molecule has 2 N–H and O–H groups in total. The van der Waals surface area contributed by atoms with Crippen molar-refractivity contribution < 1.29 is 32.6 Å². The van der Waals surface area contributed by atoms with Gasteiger partial charge in [0, 0.05) is 12.8 Å². The topological polar surface area (TPSA) is 75.6 Å². The number of rotatable bonds is 3. The molecule has 0 saturated carbocycles. The van der Waals surface area contributed by atoms with E-state index in [4.69, 9.17) is 4.74 Å². The quantitative estimate of drug-likeness (QED) is 0.781. The Hall–Kier alpha value is -2.51. The number of ketones is 1. The Morgan fingerprint density at radius 3 is 2.22 bits per heavy atom. The van der Waals surface area contributed by atoms with Crippen LogP contribution in [0.4, 0.5) is 18.0 Å². The van der Waals surface area contributed by atoms with Crippen molar-refractivity contribution in [1.82, 2.24) is 5.32 Å². The predicted molar refractivity (Wildman–Crippen MR) is 92.1 cm³/mol. The van der Waals surface area contributed by atoms with Gasteiger partial charge in [-0.25, -0.2) is 4.79 Å². The van der Waals surface area contributed by atoms with Gasteiger partial charge in [-0.2, -0.15) is 13.2 Å². The van der Waals surface area contributed by atoms with Gasteiger partial charge in [-0.15, -0.1) is 0 Å². The molecule has 0 heterocycles. The number of carbonyl (C=O) groups is 2. The molecule has 0 aromatic heterocycles. The summed E-state index contributed by atoms with van der Waals surface area (Å²) in [5, 5.41) is 12.7. The lowest BCUT2D eigenvalue weighted by Gasteiger charge is -2.27. The highest BCUT2D eigenvalue weighted by Gasteiger charge is 2.33. The van der Waals surface area contributed by atoms with E-state index in [1.54, 1.807) is 20.8 Å². The van der Waals surface area contributed by atoms with Crippen LogP contribution in [0.1, 0.15) is 57.2 Å². The molecule has 0 fully saturated rings. The average Bonchev–Trinajstić information content (AvgIpc) is 2.51. The second-order valence-electron chi connectivity index (χ2n) is 7.34. The SMILES string of the molecule is CC(C)(C)OC(=O)N[C@@H](C1=C(O)CCCC1=O)c1ccc(C(F)(F)F)cc1. The van der Waals surface area contributed by atoms with Gasteiger partial charge in [0.15, 0.2) is 5.78 Å². The molecule has 0 bridgehead atoms. The summed E-state index contributed by atoms with van der Waals surface area (Å²) in [6, 6.07) is 2.98. The van der Waals surface area contributed by atoms with E-state index < -0.39 is 29.5 Å². The zero-order chi connectivity index (χ0) is 20.4. The Bertz CT molecular complexity index is 746. The lowest BCUT2D eigenvalue weighted by Crippen LogP contribution is -2.37. The van der Waals surface area contributed by atoms with Crippen molar-refractivity contribution in [2.75, 3.05) is 0 Å². The minimum Gasteiger partial charge on any atom is -0.512 e. The second kappa shape index (κ2) is 7.62. The molecule has 0 unspecified atom stereocenters. The molecule has 1 aromatic rings. The molecule has 0 aliphatic heterocycles. The van der Waals surface area contributed by atoms with Crippen LogP contribution in [-0.2, 0) is 15.7 Å². The number of aliphatic hydroxyl groups excluding tert-OH is 1. The number of alkyl carbamates (subject to hydrolysis) is 1. The maximum atomic E-state index is 12.8. The zero-order valence-corrected chi connectivity index (χ0v) is 15.3. The van der Waals surface area contributed by atoms with Crippen molar-refractivity contribution in [2.45, 2.75) is 57.9 Å². The number of carbonyl (C=O) groups excluding carboxylic acids is 2. The molecule has 8 heteroatoms. The third kappa shape index (κ3) is 5.48. The van der Waals surface area contributed by atoms with Crippen LogP contribution < -0.4 is 5.32 Å². The molecule has 2 rings (SSSR count). The van der Waals surface area contributed by atoms with Crippen LogP contribution in [-0.4, -0.2) is 22.6 Å². The van der Waals surface area contributed by atoms with Crippen molar-refractivity contribution in [3.63, 3.8) is 0 Å². The highest BCUT2D eigenvalue weighted by atomic mass is 19.4. The number of Topliss-reactive ketones (excluding diaryl/α,β-unsaturated/α-hetero) is 1. The summed E-state index contributed by atoms with van der Waals surface area (Å²) in [6.45, 7) is 4.96. The van der Waals surface area contributed by atoms with Gasteiger partial charge in [0.1, 0.15) is 11.4 Å². The summed E-state index contributed by atoms with van der Waals surface area (Å²) in [4.78, 5) is 24.5. The molecule has 1 atom stereocenters. The predicted octanol–water partition coefficient (Wildman–Crippen LogP) is 4.84. The number of aliphatic hydroxyl groups is 1. The smallest absolute Gasteiger partial charge is 0.416 e. The Kier molecular flexibility index (Phi) is 5.87. The molecule has 1 aliphatic carbocycles. The molecule has 0 saturated heterocycles. The number of nitrogens with one attached hydrogen (secondary N) is 1. The molecule has 148 valence electrons. The molecule has 27 heavy (non-hydrogen) atoms. The first kappa shape index (κ1) is 20.8. The minimum atomic E-state index is -4.51. The third-order valence-corrected chi connectivity index (χ3v) is 3.95. The first-order valence-corrected chi connectivity index (χ1v) is 8.50. The standard InChI is InChI=1S/C19H22F3NO4/c1-18(2,3)27-17(26)23-16(15-13(24)5-4-6-14(15)25)11-7-9-12(10-8-11)19(20,21)22/h7-10,16,24H,4-6H2,1-3H3,(H,23,26)/t16-/m1/s1. The number of allylic oxidation sites excluding steroid dienone is 1. The summed E-state index contributed by atoms with van der Waals surface area (Å²) < 4.78 is 43.6. The summed E-state index contributed by atoms with van der Waals surface area (Å²) in [6.07, 6.45) is -4.43. The summed E-state index contributed by atoms with van der Waals surface area (Å²) in [7, 11) is 0. The molecular weight excluding hydrogens is 363 g/mol. The van der Waals surface area contributed by atoms with Crippen molar-refractivity contribution in [3.05, 3.63) is 46.7 Å². The fourth-order valence-electron chi connectivity index (χ4n) is 2.79. The highest BCUT2D eigenvalue weighted by molar-refractivity contribution is 5.98. The lowest BCUT2D eigenvalue weighted by molar-refractivity contribution is -0.137. The molecular formula is C19H22F3NO4. The van der Waals surface area contributed by atoms with Gasteiger partial charge in [-0.3, -0.25) is 4.79 Å². The van der Waals surface area contributed by atoms with E-state index in [0.717, 1.165) is 12.1 Å². The number of halogens is 3. The van der Waals surface area contributed by atoms with Gasteiger partial charge in [0.2, 0.25) is 0 Å². The molecule has 0 spiro atoms. The first-order chi connectivity index (χ1) is 12.4. The Morgan fingerprint density at radius 2 is 1.74 bits per heavy atom. The van der Waals surface area contributed by atoms with E-state index in [9.17, 15) is 27.9 Å². The van der Waals surface area contributed by atoms with Crippen molar-refractivity contribution >= 4 is 11.9 Å². The van der Waals surface area contributed by atoms with E-state index in [2.05, 4.69) is 5.32 Å². The van der Waals surface area contributed by atoms with Crippen LogP contribution in [0, 0.1) is 0 Å². The second-order valence-corrected chi connectivity index (χ2v) is 7.34. The van der Waals surface area contributed by atoms with Gasteiger partial charge < -0.3 is 15.2 Å². The molecule has 1 amide bonds. The Balaban J connectivity index is 2.41. The normalized spacial score (nSPS) is 16.9. The van der Waals surface area contributed by atoms with E-state index in [1.807, 2.05) is 0 Å². The minimum absolute atomic E-state index is 0.0214. The summed E-state index contributed by atoms with van der Waals surface area (Å²) in [5.41, 5.74) is -1.44. The van der Waals surface area contributed by atoms with E-state index in [1.165, 1.54) is 12.1 Å². The molecule has 0 radical (unpaired) electrons. The number of amides is 1. The van der Waals surface area contributed by atoms with Crippen molar-refractivity contribution in [2.24, 2.45) is 0 Å². The maximum absolute atomic E-state index is 12.8. The fourth-order valence-corrected chi connectivity index (χ4v) is 2.79. The summed E-state index contributed by atoms with van der Waals surface area (Å²) in [5.74, 6) is -0.535. The van der Waals surface area contributed by atoms with Gasteiger partial charge in [-0.1, -0.05) is 12.1 Å². The largest absolute Gasteiger partial charge is 0.512 e. The number of hydrogen-bond acceptors (Lipinski definition) is 4. The molecule has 1 aliphatic rings. The van der Waals surface area contributed by atoms with E-state index in [-0.39, 0.29) is 35.5 Å². The van der Waals surface area contributed by atoms with Crippen LogP contribution in [0.25, 0.3) is 0 Å². The number of benzene rings is 1. The Morgan fingerprint density at radius 1 is 1.15 bits per heavy atom.